The average molecular weight is 221 g/mol. The fraction of sp³-hybridized carbons (Fsp3) is 0.571. The van der Waals surface area contributed by atoms with Gasteiger partial charge in [-0.05, 0) is 37.3 Å². The maximum absolute atomic E-state index is 6.24. The normalized spacial score (nSPS) is 14.8. The van der Waals surface area contributed by atoms with E-state index in [-0.39, 0.29) is 6.04 Å². The molecule has 0 amide bonds. The fourth-order valence-corrected chi connectivity index (χ4v) is 2.07. The molecule has 0 aliphatic rings. The van der Waals surface area contributed by atoms with E-state index in [1.54, 1.807) is 7.11 Å². The van der Waals surface area contributed by atoms with Gasteiger partial charge in [-0.15, -0.1) is 0 Å². The Morgan fingerprint density at radius 3 is 2.62 bits per heavy atom. The van der Waals surface area contributed by atoms with Crippen molar-refractivity contribution in [2.75, 3.05) is 13.7 Å². The molecule has 0 radical (unpaired) electrons. The lowest BCUT2D eigenvalue weighted by atomic mass is 9.93. The predicted molar refractivity (Wildman–Crippen MR) is 68.5 cm³/mol. The van der Waals surface area contributed by atoms with Gasteiger partial charge in [-0.1, -0.05) is 30.7 Å². The van der Waals surface area contributed by atoms with Crippen LogP contribution in [-0.2, 0) is 4.74 Å². The molecular weight excluding hydrogens is 198 g/mol. The van der Waals surface area contributed by atoms with Crippen molar-refractivity contribution >= 4 is 0 Å². The van der Waals surface area contributed by atoms with Crippen LogP contribution in [0.25, 0.3) is 0 Å². The van der Waals surface area contributed by atoms with Crippen molar-refractivity contribution in [2.24, 2.45) is 11.7 Å². The van der Waals surface area contributed by atoms with Crippen LogP contribution in [-0.4, -0.2) is 13.7 Å². The quantitative estimate of drug-likeness (QED) is 0.829. The van der Waals surface area contributed by atoms with Gasteiger partial charge in [0.25, 0.3) is 0 Å². The van der Waals surface area contributed by atoms with Gasteiger partial charge in [0.15, 0.2) is 0 Å². The van der Waals surface area contributed by atoms with Crippen LogP contribution in [0.5, 0.6) is 0 Å². The molecule has 2 unspecified atom stereocenters. The van der Waals surface area contributed by atoms with Gasteiger partial charge in [0, 0.05) is 19.8 Å². The van der Waals surface area contributed by atoms with E-state index in [1.165, 1.54) is 16.7 Å². The Hall–Kier alpha value is -0.860. The summed E-state index contributed by atoms with van der Waals surface area (Å²) < 4.78 is 5.14. The van der Waals surface area contributed by atoms with E-state index in [9.17, 15) is 0 Å². The monoisotopic (exact) mass is 221 g/mol. The molecule has 0 saturated heterocycles. The van der Waals surface area contributed by atoms with Crippen LogP contribution in [0.1, 0.15) is 36.1 Å². The van der Waals surface area contributed by atoms with Gasteiger partial charge in [-0.2, -0.15) is 0 Å². The van der Waals surface area contributed by atoms with Crippen molar-refractivity contribution in [2.45, 2.75) is 33.2 Å². The molecule has 1 aromatic carbocycles. The van der Waals surface area contributed by atoms with E-state index in [4.69, 9.17) is 10.5 Å². The molecule has 0 heterocycles. The summed E-state index contributed by atoms with van der Waals surface area (Å²) >= 11 is 0. The second kappa shape index (κ2) is 6.02. The van der Waals surface area contributed by atoms with Crippen LogP contribution in [0.2, 0.25) is 0 Å². The molecule has 0 fully saturated rings. The highest BCUT2D eigenvalue weighted by Gasteiger charge is 2.13. The Balaban J connectivity index is 2.72. The molecule has 2 nitrogen and oxygen atoms in total. The molecule has 2 atom stereocenters. The molecule has 16 heavy (non-hydrogen) atoms. The molecule has 90 valence electrons. The summed E-state index contributed by atoms with van der Waals surface area (Å²) in [6.07, 6.45) is 0.970. The number of rotatable bonds is 5. The van der Waals surface area contributed by atoms with E-state index in [0.29, 0.717) is 5.92 Å². The van der Waals surface area contributed by atoms with Crippen LogP contribution < -0.4 is 5.73 Å². The average Bonchev–Trinajstić information content (AvgIpc) is 2.21. The minimum atomic E-state index is 0.116. The number of hydrogen-bond acceptors (Lipinski definition) is 2. The third-order valence-electron chi connectivity index (χ3n) is 2.94. The lowest BCUT2D eigenvalue weighted by Gasteiger charge is -2.19. The van der Waals surface area contributed by atoms with Crippen LogP contribution in [0.4, 0.5) is 0 Å². The minimum absolute atomic E-state index is 0.116. The topological polar surface area (TPSA) is 35.2 Å². The highest BCUT2D eigenvalue weighted by Crippen LogP contribution is 2.23. The smallest absolute Gasteiger partial charge is 0.0488 e. The molecule has 0 aromatic heterocycles. The summed E-state index contributed by atoms with van der Waals surface area (Å²) in [6.45, 7) is 7.18. The highest BCUT2D eigenvalue weighted by atomic mass is 16.5. The number of benzene rings is 1. The molecule has 0 bridgehead atoms. The number of methoxy groups -OCH3 is 1. The third kappa shape index (κ3) is 3.62. The maximum Gasteiger partial charge on any atom is 0.0488 e. The van der Waals surface area contributed by atoms with E-state index in [2.05, 4.69) is 39.0 Å². The third-order valence-corrected chi connectivity index (χ3v) is 2.94. The lowest BCUT2D eigenvalue weighted by molar-refractivity contribution is 0.152. The Kier molecular flexibility index (Phi) is 4.97. The molecule has 0 aliphatic heterocycles. The first-order chi connectivity index (χ1) is 7.54. The first kappa shape index (κ1) is 13.2. The maximum atomic E-state index is 6.24. The van der Waals surface area contributed by atoms with Crippen LogP contribution in [0, 0.1) is 19.8 Å². The minimum Gasteiger partial charge on any atom is -0.384 e. The Labute approximate surface area is 98.8 Å². The van der Waals surface area contributed by atoms with Crippen molar-refractivity contribution in [1.29, 1.82) is 0 Å². The van der Waals surface area contributed by atoms with E-state index < -0.39 is 0 Å². The summed E-state index contributed by atoms with van der Waals surface area (Å²) in [4.78, 5) is 0. The van der Waals surface area contributed by atoms with E-state index >= 15 is 0 Å². The lowest BCUT2D eigenvalue weighted by Crippen LogP contribution is -2.17. The van der Waals surface area contributed by atoms with E-state index in [1.807, 2.05) is 0 Å². The van der Waals surface area contributed by atoms with Crippen molar-refractivity contribution in [3.05, 3.63) is 34.9 Å². The molecule has 2 N–H and O–H groups in total. The van der Waals surface area contributed by atoms with Crippen LogP contribution >= 0.6 is 0 Å². The summed E-state index contributed by atoms with van der Waals surface area (Å²) in [5.74, 6) is 0.500. The molecule has 0 spiro atoms. The van der Waals surface area contributed by atoms with Gasteiger partial charge in [-0.25, -0.2) is 0 Å². The number of hydrogen-bond donors (Lipinski definition) is 1. The molecule has 2 heteroatoms. The van der Waals surface area contributed by atoms with Crippen LogP contribution in [0.15, 0.2) is 18.2 Å². The summed E-state index contributed by atoms with van der Waals surface area (Å²) in [5.41, 5.74) is 10.1. The van der Waals surface area contributed by atoms with Crippen LogP contribution in [0.3, 0.4) is 0 Å². The summed E-state index contributed by atoms with van der Waals surface area (Å²) in [5, 5.41) is 0. The molecular formula is C14H23NO. The predicted octanol–water partition coefficient (Wildman–Crippen LogP) is 2.98. The standard InChI is InChI=1S/C14H23NO/c1-10-5-6-12(3)13(7-10)14(15)8-11(2)9-16-4/h5-7,11,14H,8-9,15H2,1-4H3. The molecule has 1 rings (SSSR count). The largest absolute Gasteiger partial charge is 0.384 e. The van der Waals surface area contributed by atoms with Crippen molar-refractivity contribution < 1.29 is 4.74 Å². The molecule has 0 aliphatic carbocycles. The number of nitrogens with two attached hydrogens (primary N) is 1. The summed E-state index contributed by atoms with van der Waals surface area (Å²) in [7, 11) is 1.74. The highest BCUT2D eigenvalue weighted by molar-refractivity contribution is 5.32. The second-order valence-corrected chi connectivity index (χ2v) is 4.76. The van der Waals surface area contributed by atoms with Gasteiger partial charge >= 0.3 is 0 Å². The molecule has 0 saturated carbocycles. The summed E-state index contributed by atoms with van der Waals surface area (Å²) in [6, 6.07) is 6.58. The van der Waals surface area contributed by atoms with Crippen molar-refractivity contribution in [3.63, 3.8) is 0 Å². The van der Waals surface area contributed by atoms with Gasteiger partial charge in [0.05, 0.1) is 0 Å². The first-order valence-electron chi connectivity index (χ1n) is 5.86. The Morgan fingerprint density at radius 2 is 2.00 bits per heavy atom. The molecule has 1 aromatic rings. The zero-order valence-electron chi connectivity index (χ0n) is 10.8. The van der Waals surface area contributed by atoms with E-state index in [0.717, 1.165) is 13.0 Å². The van der Waals surface area contributed by atoms with Gasteiger partial charge in [-0.3, -0.25) is 0 Å². The fourth-order valence-electron chi connectivity index (χ4n) is 2.07. The SMILES string of the molecule is COCC(C)CC(N)c1cc(C)ccc1C. The zero-order chi connectivity index (χ0) is 12.1. The van der Waals surface area contributed by atoms with Gasteiger partial charge in [0.2, 0.25) is 0 Å². The number of ether oxygens (including phenoxy) is 1. The number of aryl methyl sites for hydroxylation is 2. The van der Waals surface area contributed by atoms with Crippen molar-refractivity contribution in [1.82, 2.24) is 0 Å². The zero-order valence-corrected chi connectivity index (χ0v) is 10.8. The van der Waals surface area contributed by atoms with Gasteiger partial charge < -0.3 is 10.5 Å². The first-order valence-corrected chi connectivity index (χ1v) is 5.86. The Morgan fingerprint density at radius 1 is 1.31 bits per heavy atom. The van der Waals surface area contributed by atoms with Crippen molar-refractivity contribution in [3.8, 4) is 0 Å². The second-order valence-electron chi connectivity index (χ2n) is 4.76. The Bertz CT molecular complexity index is 336. The van der Waals surface area contributed by atoms with Gasteiger partial charge in [0.1, 0.15) is 0 Å².